The van der Waals surface area contributed by atoms with E-state index < -0.39 is 0 Å². The molecule has 0 fully saturated rings. The predicted octanol–water partition coefficient (Wildman–Crippen LogP) is 2.32. The Balaban J connectivity index is 2.44. The second kappa shape index (κ2) is 4.04. The molecule has 72 valence electrons. The third kappa shape index (κ3) is 1.77. The number of nitrogens with two attached hydrogens (primary N) is 1. The highest BCUT2D eigenvalue weighted by Gasteiger charge is 2.07. The molecular formula is C9H8ClN3S. The second-order valence-electron chi connectivity index (χ2n) is 2.68. The summed E-state index contributed by atoms with van der Waals surface area (Å²) < 4.78 is 0. The largest absolute Gasteiger partial charge is 0.324 e. The van der Waals surface area contributed by atoms with E-state index in [0.717, 1.165) is 15.6 Å². The lowest BCUT2D eigenvalue weighted by molar-refractivity contribution is 0.960. The molecule has 1 aromatic carbocycles. The molecule has 14 heavy (non-hydrogen) atoms. The first-order valence-corrected chi connectivity index (χ1v) is 5.28. The van der Waals surface area contributed by atoms with Crippen LogP contribution in [0.15, 0.2) is 24.3 Å². The molecule has 5 heteroatoms. The Morgan fingerprint density at radius 3 is 2.71 bits per heavy atom. The maximum atomic E-state index is 6.02. The molecule has 2 N–H and O–H groups in total. The zero-order valence-corrected chi connectivity index (χ0v) is 8.85. The minimum absolute atomic E-state index is 0.419. The van der Waals surface area contributed by atoms with E-state index in [0.29, 0.717) is 11.6 Å². The van der Waals surface area contributed by atoms with Crippen LogP contribution in [0.3, 0.4) is 0 Å². The summed E-state index contributed by atoms with van der Waals surface area (Å²) in [6.07, 6.45) is 0. The van der Waals surface area contributed by atoms with Gasteiger partial charge in [0.1, 0.15) is 10.0 Å². The molecule has 1 heterocycles. The van der Waals surface area contributed by atoms with Crippen molar-refractivity contribution in [3.8, 4) is 10.6 Å². The van der Waals surface area contributed by atoms with Gasteiger partial charge in [-0.05, 0) is 6.07 Å². The van der Waals surface area contributed by atoms with Crippen molar-refractivity contribution >= 4 is 22.9 Å². The molecule has 0 amide bonds. The summed E-state index contributed by atoms with van der Waals surface area (Å²) in [5.41, 5.74) is 6.36. The average molecular weight is 226 g/mol. The van der Waals surface area contributed by atoms with Gasteiger partial charge in [-0.15, -0.1) is 10.2 Å². The topological polar surface area (TPSA) is 51.8 Å². The highest BCUT2D eigenvalue weighted by Crippen LogP contribution is 2.29. The molecule has 0 atom stereocenters. The molecule has 0 spiro atoms. The van der Waals surface area contributed by atoms with E-state index in [9.17, 15) is 0 Å². The number of benzene rings is 1. The normalized spacial score (nSPS) is 10.4. The van der Waals surface area contributed by atoms with Gasteiger partial charge in [-0.1, -0.05) is 41.1 Å². The highest BCUT2D eigenvalue weighted by atomic mass is 35.5. The number of rotatable bonds is 2. The number of hydrogen-bond donors (Lipinski definition) is 1. The summed E-state index contributed by atoms with van der Waals surface area (Å²) in [6, 6.07) is 7.56. The number of halogens is 1. The van der Waals surface area contributed by atoms with Crippen LogP contribution in [0, 0.1) is 0 Å². The van der Waals surface area contributed by atoms with E-state index in [1.165, 1.54) is 11.3 Å². The van der Waals surface area contributed by atoms with E-state index in [4.69, 9.17) is 17.3 Å². The fourth-order valence-corrected chi connectivity index (χ4v) is 2.12. The first-order chi connectivity index (χ1) is 6.81. The van der Waals surface area contributed by atoms with Gasteiger partial charge >= 0.3 is 0 Å². The average Bonchev–Trinajstić information content (AvgIpc) is 2.67. The SMILES string of the molecule is NCc1nnc(-c2ccccc2Cl)s1. The van der Waals surface area contributed by atoms with Gasteiger partial charge in [0.25, 0.3) is 0 Å². The molecule has 1 aromatic heterocycles. The lowest BCUT2D eigenvalue weighted by Gasteiger charge is -1.96. The monoisotopic (exact) mass is 225 g/mol. The summed E-state index contributed by atoms with van der Waals surface area (Å²) in [6.45, 7) is 0.419. The fraction of sp³-hybridized carbons (Fsp3) is 0.111. The summed E-state index contributed by atoms with van der Waals surface area (Å²) in [4.78, 5) is 0. The van der Waals surface area contributed by atoms with Crippen molar-refractivity contribution in [1.29, 1.82) is 0 Å². The van der Waals surface area contributed by atoms with Crippen molar-refractivity contribution in [2.24, 2.45) is 5.73 Å². The van der Waals surface area contributed by atoms with Crippen LogP contribution < -0.4 is 5.73 Å². The van der Waals surface area contributed by atoms with Gasteiger partial charge in [0.05, 0.1) is 5.02 Å². The van der Waals surface area contributed by atoms with Crippen molar-refractivity contribution in [2.75, 3.05) is 0 Å². The van der Waals surface area contributed by atoms with Crippen LogP contribution in [-0.4, -0.2) is 10.2 Å². The Morgan fingerprint density at radius 1 is 1.29 bits per heavy atom. The van der Waals surface area contributed by atoms with E-state index in [1.54, 1.807) is 0 Å². The lowest BCUT2D eigenvalue weighted by atomic mass is 10.2. The van der Waals surface area contributed by atoms with Gasteiger partial charge < -0.3 is 5.73 Å². The van der Waals surface area contributed by atoms with Crippen molar-refractivity contribution in [2.45, 2.75) is 6.54 Å². The maximum absolute atomic E-state index is 6.02. The molecule has 3 nitrogen and oxygen atoms in total. The second-order valence-corrected chi connectivity index (χ2v) is 4.15. The van der Waals surface area contributed by atoms with Crippen LogP contribution in [0.5, 0.6) is 0 Å². The van der Waals surface area contributed by atoms with Gasteiger partial charge in [0, 0.05) is 12.1 Å². The molecule has 0 saturated heterocycles. The van der Waals surface area contributed by atoms with E-state index in [2.05, 4.69) is 10.2 Å². The molecule has 0 saturated carbocycles. The molecule has 0 aliphatic heterocycles. The van der Waals surface area contributed by atoms with E-state index >= 15 is 0 Å². The maximum Gasteiger partial charge on any atom is 0.149 e. The molecular weight excluding hydrogens is 218 g/mol. The molecule has 2 aromatic rings. The first kappa shape index (κ1) is 9.58. The Morgan fingerprint density at radius 2 is 2.07 bits per heavy atom. The standard InChI is InChI=1S/C9H8ClN3S/c10-7-4-2-1-3-6(7)9-13-12-8(5-11)14-9/h1-4H,5,11H2. The quantitative estimate of drug-likeness (QED) is 0.854. The number of aromatic nitrogens is 2. The van der Waals surface area contributed by atoms with Crippen LogP contribution in [0.25, 0.3) is 10.6 Å². The van der Waals surface area contributed by atoms with Crippen molar-refractivity contribution in [3.05, 3.63) is 34.3 Å². The molecule has 0 bridgehead atoms. The summed E-state index contributed by atoms with van der Waals surface area (Å²) >= 11 is 7.49. The van der Waals surface area contributed by atoms with Gasteiger partial charge in [0.15, 0.2) is 0 Å². The molecule has 0 aliphatic rings. The molecule has 0 aliphatic carbocycles. The van der Waals surface area contributed by atoms with E-state index in [1.807, 2.05) is 24.3 Å². The summed E-state index contributed by atoms with van der Waals surface area (Å²) in [5.74, 6) is 0. The third-order valence-electron chi connectivity index (χ3n) is 1.75. The molecule has 0 unspecified atom stereocenters. The van der Waals surface area contributed by atoms with Crippen LogP contribution in [0.4, 0.5) is 0 Å². The van der Waals surface area contributed by atoms with Gasteiger partial charge in [0.2, 0.25) is 0 Å². The summed E-state index contributed by atoms with van der Waals surface area (Å²) in [7, 11) is 0. The van der Waals surface area contributed by atoms with Crippen molar-refractivity contribution in [3.63, 3.8) is 0 Å². The summed E-state index contributed by atoms with van der Waals surface area (Å²) in [5, 5.41) is 10.3. The first-order valence-electron chi connectivity index (χ1n) is 4.08. The Hall–Kier alpha value is -0.970. The van der Waals surface area contributed by atoms with Crippen molar-refractivity contribution in [1.82, 2.24) is 10.2 Å². The minimum atomic E-state index is 0.419. The number of hydrogen-bond acceptors (Lipinski definition) is 4. The Bertz CT molecular complexity index is 441. The highest BCUT2D eigenvalue weighted by molar-refractivity contribution is 7.14. The predicted molar refractivity (Wildman–Crippen MR) is 58.2 cm³/mol. The molecule has 2 rings (SSSR count). The van der Waals surface area contributed by atoms with Crippen molar-refractivity contribution < 1.29 is 0 Å². The minimum Gasteiger partial charge on any atom is -0.324 e. The van der Waals surface area contributed by atoms with Crippen LogP contribution in [0.2, 0.25) is 5.02 Å². The lowest BCUT2D eigenvalue weighted by Crippen LogP contribution is -1.94. The zero-order valence-electron chi connectivity index (χ0n) is 7.27. The fourth-order valence-electron chi connectivity index (χ4n) is 1.08. The Kier molecular flexibility index (Phi) is 2.77. The Labute approximate surface area is 90.5 Å². The van der Waals surface area contributed by atoms with Gasteiger partial charge in [-0.25, -0.2) is 0 Å². The van der Waals surface area contributed by atoms with Crippen LogP contribution in [-0.2, 0) is 6.54 Å². The third-order valence-corrected chi connectivity index (χ3v) is 3.05. The van der Waals surface area contributed by atoms with Crippen LogP contribution in [0.1, 0.15) is 5.01 Å². The van der Waals surface area contributed by atoms with Crippen LogP contribution >= 0.6 is 22.9 Å². The number of nitrogens with zero attached hydrogens (tertiary/aromatic N) is 2. The molecule has 0 radical (unpaired) electrons. The van der Waals surface area contributed by atoms with Gasteiger partial charge in [-0.2, -0.15) is 0 Å². The zero-order chi connectivity index (χ0) is 9.97. The smallest absolute Gasteiger partial charge is 0.149 e. The van der Waals surface area contributed by atoms with Gasteiger partial charge in [-0.3, -0.25) is 0 Å². The van der Waals surface area contributed by atoms with E-state index in [-0.39, 0.29) is 0 Å².